The zero-order chi connectivity index (χ0) is 10.9. The smallest absolute Gasteiger partial charge is 0.0700 e. The Morgan fingerprint density at radius 3 is 2.14 bits per heavy atom. The van der Waals surface area contributed by atoms with Crippen LogP contribution in [0.15, 0.2) is 0 Å². The van der Waals surface area contributed by atoms with Crippen LogP contribution in [0, 0.1) is 16.7 Å². The fourth-order valence-electron chi connectivity index (χ4n) is 0.850. The van der Waals surface area contributed by atoms with E-state index in [4.69, 9.17) is 14.7 Å². The molecule has 0 saturated heterocycles. The molecule has 0 atom stereocenters. The van der Waals surface area contributed by atoms with Crippen LogP contribution in [0.4, 0.5) is 0 Å². The summed E-state index contributed by atoms with van der Waals surface area (Å²) in [6, 6.07) is 2.24. The Hall–Kier alpha value is -0.590. The maximum Gasteiger partial charge on any atom is 0.0700 e. The monoisotopic (exact) mass is 199 g/mol. The molecular weight excluding hydrogens is 178 g/mol. The van der Waals surface area contributed by atoms with Gasteiger partial charge in [0.25, 0.3) is 0 Å². The Morgan fingerprint density at radius 2 is 1.64 bits per heavy atom. The van der Waals surface area contributed by atoms with Gasteiger partial charge in [-0.05, 0) is 26.7 Å². The lowest BCUT2D eigenvalue weighted by atomic mass is 9.92. The molecule has 0 rings (SSSR count). The van der Waals surface area contributed by atoms with Crippen molar-refractivity contribution in [2.75, 3.05) is 26.4 Å². The predicted molar refractivity (Wildman–Crippen MR) is 55.9 cm³/mol. The van der Waals surface area contributed by atoms with E-state index >= 15 is 0 Å². The molecule has 0 saturated carbocycles. The fraction of sp³-hybridized carbons (Fsp3) is 0.909. The van der Waals surface area contributed by atoms with Gasteiger partial charge in [0.1, 0.15) is 0 Å². The molecule has 3 heteroatoms. The van der Waals surface area contributed by atoms with Crippen LogP contribution in [0.5, 0.6) is 0 Å². The summed E-state index contributed by atoms with van der Waals surface area (Å²) in [7, 11) is 0. The minimum atomic E-state index is -0.274. The van der Waals surface area contributed by atoms with Crippen molar-refractivity contribution in [1.29, 1.82) is 5.26 Å². The highest BCUT2D eigenvalue weighted by Crippen LogP contribution is 2.17. The average Bonchev–Trinajstić information content (AvgIpc) is 2.16. The molecule has 0 aliphatic carbocycles. The lowest BCUT2D eigenvalue weighted by Gasteiger charge is -2.14. The van der Waals surface area contributed by atoms with Gasteiger partial charge in [-0.15, -0.1) is 0 Å². The third-order valence-electron chi connectivity index (χ3n) is 1.89. The van der Waals surface area contributed by atoms with Crippen molar-refractivity contribution in [2.24, 2.45) is 5.41 Å². The number of nitriles is 1. The van der Waals surface area contributed by atoms with Crippen LogP contribution >= 0.6 is 0 Å². The third kappa shape index (κ3) is 8.03. The van der Waals surface area contributed by atoms with Crippen LogP contribution in [0.3, 0.4) is 0 Å². The van der Waals surface area contributed by atoms with E-state index in [-0.39, 0.29) is 5.41 Å². The number of rotatable bonds is 8. The Kier molecular flexibility index (Phi) is 7.45. The normalized spacial score (nSPS) is 11.3. The first kappa shape index (κ1) is 13.4. The molecule has 82 valence electrons. The van der Waals surface area contributed by atoms with Gasteiger partial charge in [-0.1, -0.05) is 6.92 Å². The van der Waals surface area contributed by atoms with E-state index in [0.717, 1.165) is 19.4 Å². The lowest BCUT2D eigenvalue weighted by molar-refractivity contribution is 0.0413. The summed E-state index contributed by atoms with van der Waals surface area (Å²) in [6.45, 7) is 8.63. The maximum absolute atomic E-state index is 8.74. The van der Waals surface area contributed by atoms with Gasteiger partial charge in [0.15, 0.2) is 0 Å². The molecule has 0 aliphatic heterocycles. The molecule has 0 amide bonds. The third-order valence-corrected chi connectivity index (χ3v) is 1.89. The molecule has 0 aromatic rings. The number of ether oxygens (including phenoxy) is 2. The van der Waals surface area contributed by atoms with Gasteiger partial charge in [0.05, 0.1) is 24.7 Å². The summed E-state index contributed by atoms with van der Waals surface area (Å²) in [5.41, 5.74) is -0.274. The van der Waals surface area contributed by atoms with E-state index in [1.165, 1.54) is 0 Å². The van der Waals surface area contributed by atoms with Crippen molar-refractivity contribution >= 4 is 0 Å². The van der Waals surface area contributed by atoms with E-state index in [9.17, 15) is 0 Å². The highest BCUT2D eigenvalue weighted by Gasteiger charge is 2.15. The van der Waals surface area contributed by atoms with E-state index in [1.54, 1.807) is 0 Å². The van der Waals surface area contributed by atoms with Crippen LogP contribution in [0.1, 0.15) is 33.6 Å². The van der Waals surface area contributed by atoms with Crippen molar-refractivity contribution in [2.45, 2.75) is 33.6 Å². The molecule has 0 spiro atoms. The topological polar surface area (TPSA) is 42.2 Å². The molecule has 0 fully saturated rings. The second kappa shape index (κ2) is 7.78. The van der Waals surface area contributed by atoms with Crippen molar-refractivity contribution < 1.29 is 9.47 Å². The largest absolute Gasteiger partial charge is 0.379 e. The number of hydrogen-bond donors (Lipinski definition) is 0. The average molecular weight is 199 g/mol. The van der Waals surface area contributed by atoms with Crippen molar-refractivity contribution in [3.63, 3.8) is 0 Å². The summed E-state index contributed by atoms with van der Waals surface area (Å²) < 4.78 is 10.6. The van der Waals surface area contributed by atoms with E-state index in [0.29, 0.717) is 19.8 Å². The summed E-state index contributed by atoms with van der Waals surface area (Å²) >= 11 is 0. The van der Waals surface area contributed by atoms with E-state index in [1.807, 2.05) is 13.8 Å². The van der Waals surface area contributed by atoms with Gasteiger partial charge in [-0.3, -0.25) is 0 Å². The standard InChI is InChI=1S/C11H21NO2/c1-4-6-13-8-9-14-7-5-11(2,3)10-12/h4-9H2,1-3H3. The SMILES string of the molecule is CCCOCCOCCC(C)(C)C#N. The van der Waals surface area contributed by atoms with E-state index < -0.39 is 0 Å². The Balaban J connectivity index is 3.18. The van der Waals surface area contributed by atoms with Crippen LogP contribution in [-0.2, 0) is 9.47 Å². The quantitative estimate of drug-likeness (QED) is 0.564. The number of hydrogen-bond acceptors (Lipinski definition) is 3. The highest BCUT2D eigenvalue weighted by atomic mass is 16.5. The second-order valence-electron chi connectivity index (χ2n) is 3.97. The molecule has 0 radical (unpaired) electrons. The Morgan fingerprint density at radius 1 is 1.07 bits per heavy atom. The van der Waals surface area contributed by atoms with Crippen molar-refractivity contribution in [3.8, 4) is 6.07 Å². The van der Waals surface area contributed by atoms with Crippen LogP contribution in [0.2, 0.25) is 0 Å². The van der Waals surface area contributed by atoms with Gasteiger partial charge >= 0.3 is 0 Å². The molecule has 0 heterocycles. The lowest BCUT2D eigenvalue weighted by Crippen LogP contribution is -2.13. The minimum Gasteiger partial charge on any atom is -0.379 e. The zero-order valence-corrected chi connectivity index (χ0v) is 9.51. The van der Waals surface area contributed by atoms with Crippen LogP contribution in [-0.4, -0.2) is 26.4 Å². The van der Waals surface area contributed by atoms with Gasteiger partial charge in [0, 0.05) is 13.2 Å². The Labute approximate surface area is 87.0 Å². The summed E-state index contributed by atoms with van der Waals surface area (Å²) in [4.78, 5) is 0. The minimum absolute atomic E-state index is 0.274. The van der Waals surface area contributed by atoms with Gasteiger partial charge in [-0.25, -0.2) is 0 Å². The molecule has 0 unspecified atom stereocenters. The molecule has 3 nitrogen and oxygen atoms in total. The zero-order valence-electron chi connectivity index (χ0n) is 9.51. The number of nitrogens with zero attached hydrogens (tertiary/aromatic N) is 1. The molecule has 0 N–H and O–H groups in total. The second-order valence-corrected chi connectivity index (χ2v) is 3.97. The highest BCUT2D eigenvalue weighted by molar-refractivity contribution is 4.91. The van der Waals surface area contributed by atoms with E-state index in [2.05, 4.69) is 13.0 Å². The van der Waals surface area contributed by atoms with Gasteiger partial charge in [0.2, 0.25) is 0 Å². The van der Waals surface area contributed by atoms with Crippen LogP contribution in [0.25, 0.3) is 0 Å². The summed E-state index contributed by atoms with van der Waals surface area (Å²) in [6.07, 6.45) is 1.82. The summed E-state index contributed by atoms with van der Waals surface area (Å²) in [5.74, 6) is 0. The fourth-order valence-corrected chi connectivity index (χ4v) is 0.850. The molecular formula is C11H21NO2. The molecule has 0 aliphatic rings. The Bertz CT molecular complexity index is 173. The van der Waals surface area contributed by atoms with Crippen LogP contribution < -0.4 is 0 Å². The first-order chi connectivity index (χ1) is 6.62. The molecule has 0 aromatic carbocycles. The summed E-state index contributed by atoms with van der Waals surface area (Å²) in [5, 5.41) is 8.74. The molecule has 14 heavy (non-hydrogen) atoms. The molecule has 0 bridgehead atoms. The predicted octanol–water partition coefficient (Wildman–Crippen LogP) is 2.37. The van der Waals surface area contributed by atoms with Crippen molar-refractivity contribution in [3.05, 3.63) is 0 Å². The first-order valence-electron chi connectivity index (χ1n) is 5.19. The van der Waals surface area contributed by atoms with Gasteiger partial charge < -0.3 is 9.47 Å². The maximum atomic E-state index is 8.74. The van der Waals surface area contributed by atoms with Crippen molar-refractivity contribution in [1.82, 2.24) is 0 Å². The first-order valence-corrected chi connectivity index (χ1v) is 5.19. The van der Waals surface area contributed by atoms with Gasteiger partial charge in [-0.2, -0.15) is 5.26 Å². The molecule has 0 aromatic heterocycles.